The highest BCUT2D eigenvalue weighted by Crippen LogP contribution is 2.18. The van der Waals surface area contributed by atoms with Gasteiger partial charge in [0, 0.05) is 52.6 Å². The maximum absolute atomic E-state index is 5.35. The maximum Gasteiger partial charge on any atom is 0.191 e. The van der Waals surface area contributed by atoms with E-state index < -0.39 is 0 Å². The van der Waals surface area contributed by atoms with Crippen LogP contribution < -0.4 is 15.5 Å². The molecule has 0 bridgehead atoms. The van der Waals surface area contributed by atoms with Crippen LogP contribution in [0.2, 0.25) is 0 Å². The second kappa shape index (κ2) is 11.7. The Morgan fingerprint density at radius 3 is 2.84 bits per heavy atom. The van der Waals surface area contributed by atoms with Crippen molar-refractivity contribution >= 4 is 11.8 Å². The highest BCUT2D eigenvalue weighted by atomic mass is 16.5. The fourth-order valence-corrected chi connectivity index (χ4v) is 2.95. The molecule has 2 N–H and O–H groups in total. The zero-order chi connectivity index (χ0) is 17.7. The van der Waals surface area contributed by atoms with Crippen molar-refractivity contribution < 1.29 is 4.74 Å². The zero-order valence-corrected chi connectivity index (χ0v) is 15.8. The number of aromatic nitrogens is 1. The number of hydrogen-bond acceptors (Lipinski definition) is 4. The number of unbranched alkanes of at least 4 members (excludes halogenated alkanes) is 1. The Bertz CT molecular complexity index is 514. The molecule has 0 amide bonds. The number of nitrogens with zero attached hydrogens (tertiary/aromatic N) is 3. The average molecular weight is 348 g/mol. The summed E-state index contributed by atoms with van der Waals surface area (Å²) in [6, 6.07) is 4.25. The van der Waals surface area contributed by atoms with Gasteiger partial charge < -0.3 is 20.3 Å². The van der Waals surface area contributed by atoms with Gasteiger partial charge in [-0.2, -0.15) is 0 Å². The third-order valence-electron chi connectivity index (χ3n) is 4.39. The Kier molecular flexibility index (Phi) is 9.12. The first-order valence-corrected chi connectivity index (χ1v) is 9.55. The van der Waals surface area contributed by atoms with Gasteiger partial charge in [0.25, 0.3) is 0 Å². The summed E-state index contributed by atoms with van der Waals surface area (Å²) in [4.78, 5) is 11.2. The Balaban J connectivity index is 1.73. The molecule has 0 unspecified atom stereocenters. The van der Waals surface area contributed by atoms with Gasteiger partial charge in [-0.05, 0) is 56.7 Å². The van der Waals surface area contributed by atoms with E-state index in [1.807, 2.05) is 13.1 Å². The van der Waals surface area contributed by atoms with Crippen LogP contribution in [-0.4, -0.2) is 50.8 Å². The Morgan fingerprint density at radius 1 is 1.24 bits per heavy atom. The van der Waals surface area contributed by atoms with Crippen molar-refractivity contribution in [1.29, 1.82) is 0 Å². The molecule has 0 atom stereocenters. The number of rotatable bonds is 9. The van der Waals surface area contributed by atoms with Gasteiger partial charge in [-0.1, -0.05) is 0 Å². The standard InChI is InChI=1S/C19H33N5O/c1-3-25-14-8-5-10-22-19(20-2)23-16-17-9-11-21-18(15-17)24-12-6-4-7-13-24/h9,11,15H,3-8,10,12-14,16H2,1-2H3,(H2,20,22,23). The number of ether oxygens (including phenoxy) is 1. The molecule has 1 aromatic heterocycles. The van der Waals surface area contributed by atoms with E-state index in [4.69, 9.17) is 4.74 Å². The second-order valence-corrected chi connectivity index (χ2v) is 6.33. The molecule has 1 aromatic rings. The van der Waals surface area contributed by atoms with Crippen molar-refractivity contribution in [2.75, 3.05) is 44.8 Å². The molecule has 1 saturated heterocycles. The Morgan fingerprint density at radius 2 is 2.08 bits per heavy atom. The Labute approximate surface area is 152 Å². The van der Waals surface area contributed by atoms with E-state index in [2.05, 4.69) is 37.6 Å². The summed E-state index contributed by atoms with van der Waals surface area (Å²) in [5.74, 6) is 1.94. The topological polar surface area (TPSA) is 61.8 Å². The summed E-state index contributed by atoms with van der Waals surface area (Å²) in [5.41, 5.74) is 1.23. The lowest BCUT2D eigenvalue weighted by Crippen LogP contribution is -2.37. The van der Waals surface area contributed by atoms with Crippen LogP contribution in [0.1, 0.15) is 44.6 Å². The van der Waals surface area contributed by atoms with Crippen LogP contribution in [0.5, 0.6) is 0 Å². The first-order valence-electron chi connectivity index (χ1n) is 9.55. The van der Waals surface area contributed by atoms with Crippen LogP contribution in [0, 0.1) is 0 Å². The number of pyridine rings is 1. The Hall–Kier alpha value is -1.82. The molecule has 2 heterocycles. The van der Waals surface area contributed by atoms with Gasteiger partial charge in [-0.3, -0.25) is 4.99 Å². The molecule has 0 radical (unpaired) electrons. The fraction of sp³-hybridized carbons (Fsp3) is 0.684. The van der Waals surface area contributed by atoms with Crippen LogP contribution in [0.3, 0.4) is 0 Å². The fourth-order valence-electron chi connectivity index (χ4n) is 2.95. The summed E-state index contributed by atoms with van der Waals surface area (Å²) in [7, 11) is 1.81. The normalized spacial score (nSPS) is 15.3. The number of piperidine rings is 1. The van der Waals surface area contributed by atoms with E-state index in [1.165, 1.54) is 24.8 Å². The summed E-state index contributed by atoms with van der Waals surface area (Å²) in [6.45, 7) is 7.55. The largest absolute Gasteiger partial charge is 0.382 e. The van der Waals surface area contributed by atoms with Gasteiger partial charge in [-0.25, -0.2) is 4.98 Å². The SMILES string of the molecule is CCOCCCCNC(=NC)NCc1ccnc(N2CCCCC2)c1. The van der Waals surface area contributed by atoms with Crippen LogP contribution in [-0.2, 0) is 11.3 Å². The monoisotopic (exact) mass is 347 g/mol. The van der Waals surface area contributed by atoms with Gasteiger partial charge in [0.15, 0.2) is 5.96 Å². The summed E-state index contributed by atoms with van der Waals surface area (Å²) in [5, 5.41) is 6.73. The van der Waals surface area contributed by atoms with E-state index in [0.717, 1.165) is 64.0 Å². The lowest BCUT2D eigenvalue weighted by Gasteiger charge is -2.28. The molecule has 0 aromatic carbocycles. The quantitative estimate of drug-likeness (QED) is 0.408. The summed E-state index contributed by atoms with van der Waals surface area (Å²) >= 11 is 0. The molecule has 6 nitrogen and oxygen atoms in total. The van der Waals surface area contributed by atoms with E-state index in [0.29, 0.717) is 0 Å². The molecule has 0 spiro atoms. The van der Waals surface area contributed by atoms with Gasteiger partial charge in [0.2, 0.25) is 0 Å². The second-order valence-electron chi connectivity index (χ2n) is 6.33. The predicted molar refractivity (Wildman–Crippen MR) is 104 cm³/mol. The summed E-state index contributed by atoms with van der Waals surface area (Å²) in [6.07, 6.45) is 7.93. The molecule has 0 aliphatic carbocycles. The molecule has 1 fully saturated rings. The molecule has 25 heavy (non-hydrogen) atoms. The molecule has 2 rings (SSSR count). The van der Waals surface area contributed by atoms with Crippen molar-refractivity contribution in [2.45, 2.75) is 45.6 Å². The minimum Gasteiger partial charge on any atom is -0.382 e. The lowest BCUT2D eigenvalue weighted by atomic mass is 10.1. The minimum absolute atomic E-state index is 0.752. The van der Waals surface area contributed by atoms with Crippen molar-refractivity contribution in [2.24, 2.45) is 4.99 Å². The average Bonchev–Trinajstić information content (AvgIpc) is 2.68. The molecular formula is C19H33N5O. The number of hydrogen-bond donors (Lipinski definition) is 2. The van der Waals surface area contributed by atoms with Crippen molar-refractivity contribution in [3.8, 4) is 0 Å². The first-order chi connectivity index (χ1) is 12.3. The molecule has 6 heteroatoms. The number of aliphatic imine (C=N–C) groups is 1. The van der Waals surface area contributed by atoms with Crippen molar-refractivity contribution in [3.63, 3.8) is 0 Å². The molecule has 1 aliphatic heterocycles. The molecular weight excluding hydrogens is 314 g/mol. The number of nitrogens with one attached hydrogen (secondary N) is 2. The molecule has 1 aliphatic rings. The van der Waals surface area contributed by atoms with Crippen LogP contribution in [0.25, 0.3) is 0 Å². The highest BCUT2D eigenvalue weighted by molar-refractivity contribution is 5.79. The van der Waals surface area contributed by atoms with E-state index in [9.17, 15) is 0 Å². The van der Waals surface area contributed by atoms with E-state index in [-0.39, 0.29) is 0 Å². The zero-order valence-electron chi connectivity index (χ0n) is 15.8. The van der Waals surface area contributed by atoms with Gasteiger partial charge in [-0.15, -0.1) is 0 Å². The maximum atomic E-state index is 5.35. The van der Waals surface area contributed by atoms with Gasteiger partial charge >= 0.3 is 0 Å². The minimum atomic E-state index is 0.752. The third kappa shape index (κ3) is 7.30. The van der Waals surface area contributed by atoms with Gasteiger partial charge in [0.1, 0.15) is 5.82 Å². The van der Waals surface area contributed by atoms with Crippen molar-refractivity contribution in [3.05, 3.63) is 23.9 Å². The molecule has 140 valence electrons. The lowest BCUT2D eigenvalue weighted by molar-refractivity contribution is 0.143. The summed E-state index contributed by atoms with van der Waals surface area (Å²) < 4.78 is 5.35. The number of guanidine groups is 1. The van der Waals surface area contributed by atoms with Crippen molar-refractivity contribution in [1.82, 2.24) is 15.6 Å². The van der Waals surface area contributed by atoms with Crippen LogP contribution >= 0.6 is 0 Å². The molecule has 0 saturated carbocycles. The third-order valence-corrected chi connectivity index (χ3v) is 4.39. The van der Waals surface area contributed by atoms with Crippen LogP contribution in [0.15, 0.2) is 23.3 Å². The smallest absolute Gasteiger partial charge is 0.191 e. The number of anilines is 1. The van der Waals surface area contributed by atoms with Gasteiger partial charge in [0.05, 0.1) is 0 Å². The highest BCUT2D eigenvalue weighted by Gasteiger charge is 2.12. The predicted octanol–water partition coefficient (Wildman–Crippen LogP) is 2.55. The van der Waals surface area contributed by atoms with E-state index in [1.54, 1.807) is 7.05 Å². The van der Waals surface area contributed by atoms with Crippen LogP contribution in [0.4, 0.5) is 5.82 Å². The first kappa shape index (κ1) is 19.5. The van der Waals surface area contributed by atoms with E-state index >= 15 is 0 Å².